The maximum Gasteiger partial charge on any atom is 0.329 e. The van der Waals surface area contributed by atoms with Crippen LogP contribution in [0.5, 0.6) is 0 Å². The number of benzene rings is 1. The minimum Gasteiger partial charge on any atom is -0.380 e. The van der Waals surface area contributed by atoms with Crippen molar-refractivity contribution in [2.45, 2.75) is 82.4 Å². The van der Waals surface area contributed by atoms with Crippen LogP contribution in [0.3, 0.4) is 0 Å². The number of ether oxygens (including phenoxy) is 2. The second kappa shape index (κ2) is 17.4. The molecule has 17 nitrogen and oxygen atoms in total. The SMILES string of the molecule is Cn1c(=O)n(C2CCC(=O)NC2=O)c2cccc(CC[C@H]3CN(CC4CCC(n5cc(NC(=O)c6cnn7ccc(N8CCCOCC8)nc67)c(C(F)F)n5)CC4)CCO3)c21. The quantitative estimate of drug-likeness (QED) is 0.184. The van der Waals surface area contributed by atoms with E-state index in [2.05, 4.69) is 30.6 Å². The average Bonchev–Trinajstić information content (AvgIpc) is 3.87. The van der Waals surface area contributed by atoms with Gasteiger partial charge in [0.15, 0.2) is 11.3 Å². The summed E-state index contributed by atoms with van der Waals surface area (Å²) in [6, 6.07) is 6.80. The average molecular weight is 844 g/mol. The number of amides is 3. The Balaban J connectivity index is 0.797. The van der Waals surface area contributed by atoms with Crippen molar-refractivity contribution in [1.29, 1.82) is 0 Å². The number of piperidine rings is 1. The topological polar surface area (TPSA) is 175 Å². The van der Waals surface area contributed by atoms with Crippen LogP contribution < -0.4 is 21.2 Å². The second-order valence-corrected chi connectivity index (χ2v) is 16.7. The molecule has 4 aromatic heterocycles. The molecule has 3 saturated heterocycles. The van der Waals surface area contributed by atoms with Gasteiger partial charge >= 0.3 is 5.69 Å². The molecule has 0 bridgehead atoms. The molecule has 1 unspecified atom stereocenters. The fourth-order valence-corrected chi connectivity index (χ4v) is 9.56. The standard InChI is InChI=1S/C42H51F2N11O6/c1-50-37-27(4-2-5-32(37)55(42(50)59)33-12-13-35(56)48-41(33)58)8-11-29-24-51(17-21-61-29)23-26-6-9-28(10-7-26)54-25-31(36(49-54)38(43)44)46-40(57)30-22-45-53-16-14-34(47-39(30)53)52-15-3-19-60-20-18-52/h2,4-5,14,16,22,25-26,28-29,33,38H,3,6-13,15,17-21,23-24H2,1H3,(H,46,57)(H,48,56,58)/t26?,28?,29-,33?/m0/s1. The lowest BCUT2D eigenvalue weighted by molar-refractivity contribution is -0.135. The molecule has 3 aliphatic heterocycles. The summed E-state index contributed by atoms with van der Waals surface area (Å²) >= 11 is 0. The smallest absolute Gasteiger partial charge is 0.329 e. The molecule has 3 amide bonds. The molecule has 5 aromatic rings. The van der Waals surface area contributed by atoms with Gasteiger partial charge in [-0.1, -0.05) is 12.1 Å². The van der Waals surface area contributed by atoms with E-state index in [0.717, 1.165) is 75.8 Å². The lowest BCUT2D eigenvalue weighted by Gasteiger charge is -2.37. The van der Waals surface area contributed by atoms with Crippen LogP contribution in [0.1, 0.15) is 91.5 Å². The Morgan fingerprint density at radius 2 is 1.89 bits per heavy atom. The molecule has 9 rings (SSSR count). The van der Waals surface area contributed by atoms with E-state index in [0.29, 0.717) is 55.7 Å². The molecule has 2 N–H and O–H groups in total. The van der Waals surface area contributed by atoms with Gasteiger partial charge in [-0.2, -0.15) is 10.2 Å². The zero-order valence-corrected chi connectivity index (χ0v) is 34.2. The molecule has 1 aromatic carbocycles. The van der Waals surface area contributed by atoms with Gasteiger partial charge in [-0.05, 0) is 75.0 Å². The van der Waals surface area contributed by atoms with Gasteiger partial charge in [0.1, 0.15) is 17.4 Å². The largest absolute Gasteiger partial charge is 0.380 e. The van der Waals surface area contributed by atoms with Crippen LogP contribution in [0, 0.1) is 5.92 Å². The van der Waals surface area contributed by atoms with Crippen molar-refractivity contribution in [3.05, 3.63) is 70.2 Å². The van der Waals surface area contributed by atoms with Gasteiger partial charge in [-0.3, -0.25) is 38.4 Å². The molecule has 1 saturated carbocycles. The van der Waals surface area contributed by atoms with E-state index in [-0.39, 0.29) is 47.8 Å². The summed E-state index contributed by atoms with van der Waals surface area (Å²) in [6.45, 7) is 5.83. The Morgan fingerprint density at radius 1 is 1.03 bits per heavy atom. The molecule has 0 radical (unpaired) electrons. The van der Waals surface area contributed by atoms with Crippen molar-refractivity contribution in [3.63, 3.8) is 0 Å². The number of halogens is 2. The number of aryl methyl sites for hydroxylation is 2. The molecule has 4 fully saturated rings. The van der Waals surface area contributed by atoms with Crippen LogP contribution in [0.4, 0.5) is 20.3 Å². The summed E-state index contributed by atoms with van der Waals surface area (Å²) in [7, 11) is 1.72. The van der Waals surface area contributed by atoms with E-state index in [1.54, 1.807) is 22.5 Å². The molecule has 324 valence electrons. The maximum absolute atomic E-state index is 14.3. The highest BCUT2D eigenvalue weighted by molar-refractivity contribution is 6.08. The highest BCUT2D eigenvalue weighted by Gasteiger charge is 2.33. The number of hydrogen-bond acceptors (Lipinski definition) is 11. The van der Waals surface area contributed by atoms with Crippen molar-refractivity contribution in [2.75, 3.05) is 62.8 Å². The number of nitrogens with zero attached hydrogens (tertiary/aromatic N) is 9. The first-order valence-electron chi connectivity index (χ1n) is 21.3. The molecule has 4 aliphatic rings. The lowest BCUT2D eigenvalue weighted by Crippen LogP contribution is -2.45. The van der Waals surface area contributed by atoms with Gasteiger partial charge in [0, 0.05) is 65.2 Å². The molecule has 1 aliphatic carbocycles. The Labute approximate surface area is 349 Å². The highest BCUT2D eigenvalue weighted by Crippen LogP contribution is 2.36. The molecule has 0 spiro atoms. The number of morpholine rings is 1. The Kier molecular flexibility index (Phi) is 11.7. The molecule has 2 atom stereocenters. The van der Waals surface area contributed by atoms with E-state index in [9.17, 15) is 28.0 Å². The molecule has 7 heterocycles. The number of carbonyl (C=O) groups is 3. The number of imidazole rings is 1. The minimum absolute atomic E-state index is 0.00741. The Bertz CT molecular complexity index is 2480. The van der Waals surface area contributed by atoms with Crippen LogP contribution in [0.25, 0.3) is 16.7 Å². The summed E-state index contributed by atoms with van der Waals surface area (Å²) in [5.41, 5.74) is 2.20. The van der Waals surface area contributed by atoms with Gasteiger partial charge in [0.25, 0.3) is 12.3 Å². The fraction of sp³-hybridized carbons (Fsp3) is 0.548. The second-order valence-electron chi connectivity index (χ2n) is 16.7. The Hall–Kier alpha value is -5.53. The highest BCUT2D eigenvalue weighted by atomic mass is 19.3. The van der Waals surface area contributed by atoms with E-state index in [1.165, 1.54) is 21.5 Å². The summed E-state index contributed by atoms with van der Waals surface area (Å²) in [6.07, 6.45) is 7.95. The zero-order valence-electron chi connectivity index (χ0n) is 34.2. The van der Waals surface area contributed by atoms with Crippen molar-refractivity contribution in [2.24, 2.45) is 13.0 Å². The molecule has 19 heteroatoms. The van der Waals surface area contributed by atoms with Crippen LogP contribution in [0.2, 0.25) is 0 Å². The number of hydrogen-bond donors (Lipinski definition) is 2. The summed E-state index contributed by atoms with van der Waals surface area (Å²) in [5, 5.41) is 13.6. The van der Waals surface area contributed by atoms with Crippen molar-refractivity contribution < 1.29 is 32.6 Å². The van der Waals surface area contributed by atoms with E-state index in [4.69, 9.17) is 14.5 Å². The van der Waals surface area contributed by atoms with Gasteiger partial charge in [0.05, 0.1) is 48.3 Å². The number of aromatic nitrogens is 7. The summed E-state index contributed by atoms with van der Waals surface area (Å²) in [5.74, 6) is -0.232. The number of imide groups is 1. The predicted molar refractivity (Wildman–Crippen MR) is 220 cm³/mol. The fourth-order valence-electron chi connectivity index (χ4n) is 9.56. The number of carbonyl (C=O) groups excluding carboxylic acids is 3. The zero-order chi connectivity index (χ0) is 42.2. The lowest BCUT2D eigenvalue weighted by atomic mass is 9.85. The van der Waals surface area contributed by atoms with Crippen LogP contribution in [0.15, 0.2) is 47.7 Å². The number of rotatable bonds is 11. The molecular formula is C42H51F2N11O6. The van der Waals surface area contributed by atoms with Gasteiger partial charge in [-0.15, -0.1) is 0 Å². The number of nitrogens with one attached hydrogen (secondary N) is 2. The first-order valence-corrected chi connectivity index (χ1v) is 21.3. The third-order valence-corrected chi connectivity index (χ3v) is 12.7. The van der Waals surface area contributed by atoms with E-state index in [1.807, 2.05) is 24.3 Å². The number of anilines is 2. The number of alkyl halides is 2. The molecular weight excluding hydrogens is 793 g/mol. The van der Waals surface area contributed by atoms with Gasteiger partial charge in [0.2, 0.25) is 11.8 Å². The van der Waals surface area contributed by atoms with Crippen molar-refractivity contribution in [1.82, 2.24) is 43.7 Å². The minimum atomic E-state index is -2.88. The van der Waals surface area contributed by atoms with Crippen LogP contribution in [-0.4, -0.2) is 115 Å². The van der Waals surface area contributed by atoms with Crippen molar-refractivity contribution in [3.8, 4) is 0 Å². The van der Waals surface area contributed by atoms with Gasteiger partial charge in [-0.25, -0.2) is 23.1 Å². The predicted octanol–water partition coefficient (Wildman–Crippen LogP) is 4.04. The normalized spacial score (nSPS) is 23.2. The third-order valence-electron chi connectivity index (χ3n) is 12.7. The van der Waals surface area contributed by atoms with E-state index >= 15 is 0 Å². The first kappa shape index (κ1) is 40.9. The Morgan fingerprint density at radius 3 is 2.70 bits per heavy atom. The van der Waals surface area contributed by atoms with E-state index < -0.39 is 30.0 Å². The maximum atomic E-state index is 14.3. The van der Waals surface area contributed by atoms with Crippen LogP contribution >= 0.6 is 0 Å². The summed E-state index contributed by atoms with van der Waals surface area (Å²) < 4.78 is 46.6. The monoisotopic (exact) mass is 843 g/mol. The molecule has 61 heavy (non-hydrogen) atoms. The summed E-state index contributed by atoms with van der Waals surface area (Å²) in [4.78, 5) is 60.6. The van der Waals surface area contributed by atoms with Crippen molar-refractivity contribution >= 4 is 45.9 Å². The number of fused-ring (bicyclic) bond motifs is 2. The first-order chi connectivity index (χ1) is 29.6. The third kappa shape index (κ3) is 8.42. The number of para-hydroxylation sites is 1. The van der Waals surface area contributed by atoms with Gasteiger partial charge < -0.3 is 19.7 Å². The van der Waals surface area contributed by atoms with Crippen LogP contribution in [-0.2, 0) is 32.5 Å².